The van der Waals surface area contributed by atoms with E-state index in [0.717, 1.165) is 12.5 Å². The third kappa shape index (κ3) is 3.16. The predicted octanol–water partition coefficient (Wildman–Crippen LogP) is 4.23. The molecule has 2 heterocycles. The van der Waals surface area contributed by atoms with E-state index in [1.165, 1.54) is 36.4 Å². The van der Waals surface area contributed by atoms with Crippen LogP contribution in [0.15, 0.2) is 16.4 Å². The summed E-state index contributed by atoms with van der Waals surface area (Å²) >= 11 is 3.86. The smallest absolute Gasteiger partial charge is 0.157 e. The van der Waals surface area contributed by atoms with Crippen LogP contribution < -0.4 is 5.32 Å². The summed E-state index contributed by atoms with van der Waals surface area (Å²) in [5.74, 6) is 0.769. The Hall–Kier alpha value is -0.480. The molecule has 0 aromatic carbocycles. The monoisotopic (exact) mass is 294 g/mol. The summed E-state index contributed by atoms with van der Waals surface area (Å²) in [7, 11) is 0. The van der Waals surface area contributed by atoms with Gasteiger partial charge in [-0.3, -0.25) is 4.99 Å². The highest BCUT2D eigenvalue weighted by Crippen LogP contribution is 2.35. The van der Waals surface area contributed by atoms with E-state index in [0.29, 0.717) is 11.3 Å². The lowest BCUT2D eigenvalue weighted by atomic mass is 9.94. The maximum absolute atomic E-state index is 4.69. The molecule has 0 amide bonds. The fraction of sp³-hybridized carbons (Fsp3) is 0.667. The molecule has 1 aliphatic heterocycles. The standard InChI is InChI=1S/C15H22N2S2/c1-10(2)8-11-9-16-15(19-11)17-13-4-3-5-14-12(13)6-7-18-14/h6-7,10-11,13H,3-5,8-9H2,1-2H3,(H,16,17). The van der Waals surface area contributed by atoms with Crippen molar-refractivity contribution in [3.05, 3.63) is 21.9 Å². The molecule has 2 atom stereocenters. The number of hydrogen-bond donors (Lipinski definition) is 1. The van der Waals surface area contributed by atoms with Gasteiger partial charge < -0.3 is 5.32 Å². The first-order valence-electron chi connectivity index (χ1n) is 7.26. The molecular weight excluding hydrogens is 272 g/mol. The van der Waals surface area contributed by atoms with E-state index in [2.05, 4.69) is 30.6 Å². The van der Waals surface area contributed by atoms with Crippen molar-refractivity contribution in [2.24, 2.45) is 10.9 Å². The van der Waals surface area contributed by atoms with Crippen LogP contribution in [0.2, 0.25) is 0 Å². The average molecular weight is 294 g/mol. The molecule has 2 nitrogen and oxygen atoms in total. The fourth-order valence-corrected chi connectivity index (χ4v) is 5.22. The zero-order valence-electron chi connectivity index (χ0n) is 11.7. The lowest BCUT2D eigenvalue weighted by Gasteiger charge is -2.24. The van der Waals surface area contributed by atoms with E-state index in [1.54, 1.807) is 4.88 Å². The van der Waals surface area contributed by atoms with Crippen molar-refractivity contribution in [2.45, 2.75) is 50.8 Å². The van der Waals surface area contributed by atoms with Gasteiger partial charge in [-0.25, -0.2) is 0 Å². The molecule has 1 aliphatic carbocycles. The summed E-state index contributed by atoms with van der Waals surface area (Å²) < 4.78 is 0. The number of nitrogens with zero attached hydrogens (tertiary/aromatic N) is 1. The van der Waals surface area contributed by atoms with Crippen molar-refractivity contribution in [2.75, 3.05) is 6.54 Å². The zero-order chi connectivity index (χ0) is 13.2. The Labute approximate surface area is 124 Å². The molecule has 0 spiro atoms. The number of aryl methyl sites for hydroxylation is 1. The van der Waals surface area contributed by atoms with Crippen LogP contribution in [0.25, 0.3) is 0 Å². The summed E-state index contributed by atoms with van der Waals surface area (Å²) in [6.45, 7) is 5.59. The Morgan fingerprint density at radius 2 is 2.37 bits per heavy atom. The Kier molecular flexibility index (Phi) is 4.18. The van der Waals surface area contributed by atoms with Crippen molar-refractivity contribution in [3.63, 3.8) is 0 Å². The summed E-state index contributed by atoms with van der Waals surface area (Å²) in [6, 6.07) is 2.79. The SMILES string of the molecule is CC(C)CC1CN=C(NC2CCCc3sccc32)S1. The van der Waals surface area contributed by atoms with E-state index in [-0.39, 0.29) is 0 Å². The van der Waals surface area contributed by atoms with Gasteiger partial charge in [0.1, 0.15) is 0 Å². The van der Waals surface area contributed by atoms with Crippen LogP contribution >= 0.6 is 23.1 Å². The van der Waals surface area contributed by atoms with Crippen LogP contribution in [0.3, 0.4) is 0 Å². The van der Waals surface area contributed by atoms with Gasteiger partial charge in [-0.05, 0) is 48.6 Å². The highest BCUT2D eigenvalue weighted by Gasteiger charge is 2.26. The Bertz CT molecular complexity index is 464. The van der Waals surface area contributed by atoms with Crippen LogP contribution in [-0.2, 0) is 6.42 Å². The molecule has 19 heavy (non-hydrogen) atoms. The first kappa shape index (κ1) is 13.5. The van der Waals surface area contributed by atoms with Gasteiger partial charge in [0.05, 0.1) is 12.6 Å². The molecule has 104 valence electrons. The highest BCUT2D eigenvalue weighted by atomic mass is 32.2. The van der Waals surface area contributed by atoms with E-state index < -0.39 is 0 Å². The molecule has 1 N–H and O–H groups in total. The molecule has 0 saturated heterocycles. The summed E-state index contributed by atoms with van der Waals surface area (Å²) in [5, 5.41) is 7.78. The Morgan fingerprint density at radius 3 is 3.21 bits per heavy atom. The lowest BCUT2D eigenvalue weighted by molar-refractivity contribution is 0.536. The van der Waals surface area contributed by atoms with Gasteiger partial charge in [-0.1, -0.05) is 25.6 Å². The van der Waals surface area contributed by atoms with E-state index in [9.17, 15) is 0 Å². The van der Waals surface area contributed by atoms with Gasteiger partial charge in [0.2, 0.25) is 0 Å². The lowest BCUT2D eigenvalue weighted by Crippen LogP contribution is -2.28. The second-order valence-electron chi connectivity index (χ2n) is 5.90. The Morgan fingerprint density at radius 1 is 1.47 bits per heavy atom. The quantitative estimate of drug-likeness (QED) is 0.902. The zero-order valence-corrected chi connectivity index (χ0v) is 13.3. The number of aliphatic imine (C=N–C) groups is 1. The first-order valence-corrected chi connectivity index (χ1v) is 9.02. The molecule has 2 aliphatic rings. The summed E-state index contributed by atoms with van der Waals surface area (Å²) in [4.78, 5) is 6.27. The van der Waals surface area contributed by atoms with Crippen LogP contribution in [0.4, 0.5) is 0 Å². The molecule has 0 radical (unpaired) electrons. The van der Waals surface area contributed by atoms with Crippen LogP contribution in [-0.4, -0.2) is 17.0 Å². The first-order chi connectivity index (χ1) is 9.22. The van der Waals surface area contributed by atoms with E-state index in [4.69, 9.17) is 4.99 Å². The average Bonchev–Trinajstić information content (AvgIpc) is 2.98. The third-order valence-electron chi connectivity index (χ3n) is 3.80. The maximum Gasteiger partial charge on any atom is 0.157 e. The second kappa shape index (κ2) is 5.88. The van der Waals surface area contributed by atoms with Crippen LogP contribution in [0, 0.1) is 5.92 Å². The molecule has 3 rings (SSSR count). The van der Waals surface area contributed by atoms with Crippen molar-refractivity contribution >= 4 is 28.3 Å². The molecule has 0 saturated carbocycles. The number of thioether (sulfide) groups is 1. The molecule has 1 aromatic heterocycles. The fourth-order valence-electron chi connectivity index (χ4n) is 2.93. The number of rotatable bonds is 3. The highest BCUT2D eigenvalue weighted by molar-refractivity contribution is 8.14. The third-order valence-corrected chi connectivity index (χ3v) is 5.94. The van der Waals surface area contributed by atoms with Gasteiger partial charge in [0.25, 0.3) is 0 Å². The van der Waals surface area contributed by atoms with Crippen molar-refractivity contribution < 1.29 is 0 Å². The topological polar surface area (TPSA) is 24.4 Å². The maximum atomic E-state index is 4.69. The summed E-state index contributed by atoms with van der Waals surface area (Å²) in [5.41, 5.74) is 1.52. The number of fused-ring (bicyclic) bond motifs is 1. The van der Waals surface area contributed by atoms with Gasteiger partial charge in [0.15, 0.2) is 5.17 Å². The molecular formula is C15H22N2S2. The van der Waals surface area contributed by atoms with Gasteiger partial charge >= 0.3 is 0 Å². The number of amidine groups is 1. The molecule has 1 aromatic rings. The number of nitrogens with one attached hydrogen (secondary N) is 1. The van der Waals surface area contributed by atoms with E-state index >= 15 is 0 Å². The van der Waals surface area contributed by atoms with Gasteiger partial charge in [-0.15, -0.1) is 11.3 Å². The minimum atomic E-state index is 0.499. The number of thiophene rings is 1. The molecule has 4 heteroatoms. The minimum absolute atomic E-state index is 0.499. The van der Waals surface area contributed by atoms with Crippen LogP contribution in [0.5, 0.6) is 0 Å². The Balaban J connectivity index is 1.59. The molecule has 0 bridgehead atoms. The number of hydrogen-bond acceptors (Lipinski definition) is 4. The summed E-state index contributed by atoms with van der Waals surface area (Å²) in [6.07, 6.45) is 5.09. The van der Waals surface area contributed by atoms with Crippen molar-refractivity contribution in [3.8, 4) is 0 Å². The molecule has 0 fully saturated rings. The van der Waals surface area contributed by atoms with Crippen LogP contribution in [0.1, 0.15) is 49.6 Å². The predicted molar refractivity (Wildman–Crippen MR) is 86.3 cm³/mol. The second-order valence-corrected chi connectivity index (χ2v) is 8.19. The van der Waals surface area contributed by atoms with Gasteiger partial charge in [0, 0.05) is 10.1 Å². The van der Waals surface area contributed by atoms with E-state index in [1.807, 2.05) is 23.1 Å². The van der Waals surface area contributed by atoms with Crippen molar-refractivity contribution in [1.29, 1.82) is 0 Å². The normalized spacial score (nSPS) is 26.4. The van der Waals surface area contributed by atoms with Crippen molar-refractivity contribution in [1.82, 2.24) is 5.32 Å². The van der Waals surface area contributed by atoms with Gasteiger partial charge in [-0.2, -0.15) is 0 Å². The molecule has 2 unspecified atom stereocenters. The largest absolute Gasteiger partial charge is 0.358 e. The minimum Gasteiger partial charge on any atom is -0.358 e.